The number of hydrogen-bond donors (Lipinski definition) is 1. The lowest BCUT2D eigenvalue weighted by atomic mass is 10.2. The van der Waals surface area contributed by atoms with E-state index in [0.29, 0.717) is 12.5 Å². The number of imidazole rings is 1. The zero-order chi connectivity index (χ0) is 16.4. The summed E-state index contributed by atoms with van der Waals surface area (Å²) in [4.78, 5) is 16.7. The molecular formula is C17H15F2N3O. The van der Waals surface area contributed by atoms with Crippen LogP contribution in [-0.4, -0.2) is 15.5 Å². The van der Waals surface area contributed by atoms with Crippen LogP contribution >= 0.6 is 0 Å². The van der Waals surface area contributed by atoms with Gasteiger partial charge in [-0.3, -0.25) is 10.1 Å². The van der Waals surface area contributed by atoms with Crippen molar-refractivity contribution in [2.45, 2.75) is 19.9 Å². The summed E-state index contributed by atoms with van der Waals surface area (Å²) in [6.07, 6.45) is 0.869. The molecular weight excluding hydrogens is 300 g/mol. The van der Waals surface area contributed by atoms with Gasteiger partial charge in [0.2, 0.25) is 5.95 Å². The summed E-state index contributed by atoms with van der Waals surface area (Å²) in [5, 5.41) is 2.67. The number of nitrogens with one attached hydrogen (secondary N) is 1. The van der Waals surface area contributed by atoms with E-state index in [1.165, 1.54) is 6.07 Å². The number of carbonyl (C=O) groups is 1. The number of amides is 1. The van der Waals surface area contributed by atoms with Gasteiger partial charge in [-0.25, -0.2) is 13.8 Å². The molecule has 0 aliphatic rings. The van der Waals surface area contributed by atoms with Crippen LogP contribution in [0.2, 0.25) is 0 Å². The summed E-state index contributed by atoms with van der Waals surface area (Å²) in [5.74, 6) is -2.18. The maximum atomic E-state index is 13.3. The standard InChI is InChI=1S/C17H15F2N3O/c1-2-9-22-15-6-4-3-5-14(15)20-17(22)21-16(23)11-7-8-12(18)13(19)10-11/h3-8,10H,2,9H2,1H3,(H,20,21,23). The fraction of sp³-hybridized carbons (Fsp3) is 0.176. The summed E-state index contributed by atoms with van der Waals surface area (Å²) in [7, 11) is 0. The number of para-hydroxylation sites is 2. The lowest BCUT2D eigenvalue weighted by molar-refractivity contribution is 0.102. The van der Waals surface area contributed by atoms with Crippen molar-refractivity contribution in [1.82, 2.24) is 9.55 Å². The second kappa shape index (κ2) is 6.16. The van der Waals surface area contributed by atoms with Gasteiger partial charge in [-0.1, -0.05) is 19.1 Å². The number of benzene rings is 2. The number of hydrogen-bond acceptors (Lipinski definition) is 2. The molecule has 0 unspecified atom stereocenters. The Kier molecular flexibility index (Phi) is 4.06. The van der Waals surface area contributed by atoms with E-state index in [4.69, 9.17) is 0 Å². The van der Waals surface area contributed by atoms with Crippen molar-refractivity contribution >= 4 is 22.9 Å². The Balaban J connectivity index is 1.95. The van der Waals surface area contributed by atoms with Gasteiger partial charge in [0.15, 0.2) is 11.6 Å². The van der Waals surface area contributed by atoms with Gasteiger partial charge in [-0.15, -0.1) is 0 Å². The molecule has 0 saturated carbocycles. The zero-order valence-corrected chi connectivity index (χ0v) is 12.5. The number of aryl methyl sites for hydroxylation is 1. The summed E-state index contributed by atoms with van der Waals surface area (Å²) in [6.45, 7) is 2.71. The van der Waals surface area contributed by atoms with E-state index in [-0.39, 0.29) is 5.56 Å². The number of aromatic nitrogens is 2. The van der Waals surface area contributed by atoms with E-state index in [0.717, 1.165) is 29.6 Å². The Morgan fingerprint density at radius 2 is 1.96 bits per heavy atom. The fourth-order valence-corrected chi connectivity index (χ4v) is 2.43. The van der Waals surface area contributed by atoms with Gasteiger partial charge in [-0.2, -0.15) is 0 Å². The number of halogens is 2. The second-order valence-corrected chi connectivity index (χ2v) is 5.16. The van der Waals surface area contributed by atoms with Crippen molar-refractivity contribution in [3.63, 3.8) is 0 Å². The average Bonchev–Trinajstić information content (AvgIpc) is 2.88. The van der Waals surface area contributed by atoms with E-state index in [1.807, 2.05) is 35.8 Å². The molecule has 3 rings (SSSR count). The van der Waals surface area contributed by atoms with Crippen LogP contribution in [0.1, 0.15) is 23.7 Å². The first-order chi connectivity index (χ1) is 11.1. The molecule has 1 aromatic heterocycles. The summed E-state index contributed by atoms with van der Waals surface area (Å²) in [5.41, 5.74) is 1.72. The molecule has 2 aromatic carbocycles. The van der Waals surface area contributed by atoms with Crippen molar-refractivity contribution in [2.75, 3.05) is 5.32 Å². The summed E-state index contributed by atoms with van der Waals surface area (Å²) >= 11 is 0. The van der Waals surface area contributed by atoms with Crippen molar-refractivity contribution in [1.29, 1.82) is 0 Å². The molecule has 0 aliphatic carbocycles. The van der Waals surface area contributed by atoms with Gasteiger partial charge in [0, 0.05) is 12.1 Å². The predicted octanol–water partition coefficient (Wildman–Crippen LogP) is 3.98. The molecule has 1 amide bonds. The quantitative estimate of drug-likeness (QED) is 0.791. The van der Waals surface area contributed by atoms with E-state index >= 15 is 0 Å². The monoisotopic (exact) mass is 315 g/mol. The third-order valence-corrected chi connectivity index (χ3v) is 3.51. The van der Waals surface area contributed by atoms with Crippen LogP contribution in [0.15, 0.2) is 42.5 Å². The largest absolute Gasteiger partial charge is 0.310 e. The predicted molar refractivity (Wildman–Crippen MR) is 84.3 cm³/mol. The van der Waals surface area contributed by atoms with Gasteiger partial charge in [0.1, 0.15) is 0 Å². The highest BCUT2D eigenvalue weighted by Crippen LogP contribution is 2.21. The molecule has 0 bridgehead atoms. The Labute approximate surface area is 131 Å². The van der Waals surface area contributed by atoms with Gasteiger partial charge in [-0.05, 0) is 36.8 Å². The first kappa shape index (κ1) is 15.1. The smallest absolute Gasteiger partial charge is 0.258 e. The average molecular weight is 315 g/mol. The number of anilines is 1. The molecule has 4 nitrogen and oxygen atoms in total. The minimum Gasteiger partial charge on any atom is -0.310 e. The van der Waals surface area contributed by atoms with Crippen LogP contribution in [0.3, 0.4) is 0 Å². The third-order valence-electron chi connectivity index (χ3n) is 3.51. The normalized spacial score (nSPS) is 10.9. The molecule has 0 aliphatic heterocycles. The van der Waals surface area contributed by atoms with E-state index in [9.17, 15) is 13.6 Å². The molecule has 1 N–H and O–H groups in total. The maximum Gasteiger partial charge on any atom is 0.258 e. The molecule has 3 aromatic rings. The maximum absolute atomic E-state index is 13.3. The third kappa shape index (κ3) is 2.92. The van der Waals surface area contributed by atoms with Crippen molar-refractivity contribution < 1.29 is 13.6 Å². The fourth-order valence-electron chi connectivity index (χ4n) is 2.43. The van der Waals surface area contributed by atoms with Crippen LogP contribution in [0.4, 0.5) is 14.7 Å². The molecule has 0 fully saturated rings. The lowest BCUT2D eigenvalue weighted by Crippen LogP contribution is -2.16. The number of nitrogens with zero attached hydrogens (tertiary/aromatic N) is 2. The SMILES string of the molecule is CCCn1c(NC(=O)c2ccc(F)c(F)c2)nc2ccccc21. The molecule has 0 spiro atoms. The lowest BCUT2D eigenvalue weighted by Gasteiger charge is -2.09. The van der Waals surface area contributed by atoms with Gasteiger partial charge in [0.25, 0.3) is 5.91 Å². The molecule has 1 heterocycles. The summed E-state index contributed by atoms with van der Waals surface area (Å²) in [6, 6.07) is 10.6. The van der Waals surface area contributed by atoms with Crippen LogP contribution in [0.5, 0.6) is 0 Å². The van der Waals surface area contributed by atoms with E-state index < -0.39 is 17.5 Å². The first-order valence-electron chi connectivity index (χ1n) is 7.32. The molecule has 118 valence electrons. The highest BCUT2D eigenvalue weighted by molar-refractivity contribution is 6.04. The Morgan fingerprint density at radius 3 is 2.70 bits per heavy atom. The van der Waals surface area contributed by atoms with E-state index in [1.54, 1.807) is 0 Å². The van der Waals surface area contributed by atoms with Crippen LogP contribution in [0.25, 0.3) is 11.0 Å². The van der Waals surface area contributed by atoms with Crippen LogP contribution in [-0.2, 0) is 6.54 Å². The van der Waals surface area contributed by atoms with E-state index in [2.05, 4.69) is 10.3 Å². The number of fused-ring (bicyclic) bond motifs is 1. The Hall–Kier alpha value is -2.76. The topological polar surface area (TPSA) is 46.9 Å². The van der Waals surface area contributed by atoms with Crippen molar-refractivity contribution in [3.8, 4) is 0 Å². The Morgan fingerprint density at radius 1 is 1.17 bits per heavy atom. The molecule has 23 heavy (non-hydrogen) atoms. The number of rotatable bonds is 4. The number of carbonyl (C=O) groups excluding carboxylic acids is 1. The molecule has 0 radical (unpaired) electrons. The molecule has 0 atom stereocenters. The van der Waals surface area contributed by atoms with Gasteiger partial charge >= 0.3 is 0 Å². The van der Waals surface area contributed by atoms with Gasteiger partial charge < -0.3 is 4.57 Å². The van der Waals surface area contributed by atoms with Crippen molar-refractivity contribution in [2.24, 2.45) is 0 Å². The van der Waals surface area contributed by atoms with Crippen LogP contribution < -0.4 is 5.32 Å². The van der Waals surface area contributed by atoms with Gasteiger partial charge in [0.05, 0.1) is 11.0 Å². The zero-order valence-electron chi connectivity index (χ0n) is 12.5. The van der Waals surface area contributed by atoms with Crippen LogP contribution in [0, 0.1) is 11.6 Å². The summed E-state index contributed by atoms with van der Waals surface area (Å²) < 4.78 is 28.1. The second-order valence-electron chi connectivity index (χ2n) is 5.16. The highest BCUT2D eigenvalue weighted by Gasteiger charge is 2.15. The highest BCUT2D eigenvalue weighted by atomic mass is 19.2. The molecule has 6 heteroatoms. The Bertz CT molecular complexity index is 873. The molecule has 0 saturated heterocycles. The first-order valence-corrected chi connectivity index (χ1v) is 7.32. The van der Waals surface area contributed by atoms with Crippen molar-refractivity contribution in [3.05, 3.63) is 59.7 Å². The minimum atomic E-state index is -1.06. The minimum absolute atomic E-state index is 0.0407.